The Balaban J connectivity index is 2.59. The first-order valence-electron chi connectivity index (χ1n) is 5.64. The number of nitrogens with zero attached hydrogens (tertiary/aromatic N) is 1. The maximum Gasteiger partial charge on any atom is 0.0991 e. The topological polar surface area (TPSA) is 23.8 Å². The fourth-order valence-electron chi connectivity index (χ4n) is 1.92. The van der Waals surface area contributed by atoms with Crippen LogP contribution in [0.2, 0.25) is 0 Å². The second kappa shape index (κ2) is 5.85. The Labute approximate surface area is 129 Å². The molecule has 0 aliphatic rings. The SMILES string of the molecule is CCc1cc(Br)ccc1-c1ccc(C#N)cc1I. The van der Waals surface area contributed by atoms with Gasteiger partial charge in [0.2, 0.25) is 0 Å². The van der Waals surface area contributed by atoms with Crippen molar-refractivity contribution in [3.05, 3.63) is 55.6 Å². The van der Waals surface area contributed by atoms with E-state index in [1.54, 1.807) is 0 Å². The monoisotopic (exact) mass is 411 g/mol. The lowest BCUT2D eigenvalue weighted by Gasteiger charge is -2.11. The third kappa shape index (κ3) is 2.76. The van der Waals surface area contributed by atoms with E-state index in [4.69, 9.17) is 5.26 Å². The second-order valence-corrected chi connectivity index (χ2v) is 6.04. The molecule has 0 atom stereocenters. The quantitative estimate of drug-likeness (QED) is 0.626. The summed E-state index contributed by atoms with van der Waals surface area (Å²) in [5.41, 5.74) is 4.46. The lowest BCUT2D eigenvalue weighted by Crippen LogP contribution is -1.91. The Kier molecular flexibility index (Phi) is 4.41. The van der Waals surface area contributed by atoms with Crippen molar-refractivity contribution in [1.82, 2.24) is 0 Å². The average molecular weight is 412 g/mol. The molecule has 2 rings (SSSR count). The minimum atomic E-state index is 0.707. The first-order chi connectivity index (χ1) is 8.65. The van der Waals surface area contributed by atoms with Gasteiger partial charge in [0.15, 0.2) is 0 Å². The van der Waals surface area contributed by atoms with E-state index in [9.17, 15) is 0 Å². The fraction of sp³-hybridized carbons (Fsp3) is 0.133. The van der Waals surface area contributed by atoms with E-state index < -0.39 is 0 Å². The summed E-state index contributed by atoms with van der Waals surface area (Å²) in [6.45, 7) is 2.15. The molecule has 0 saturated heterocycles. The third-order valence-corrected chi connectivity index (χ3v) is 4.22. The maximum absolute atomic E-state index is 8.90. The number of hydrogen-bond acceptors (Lipinski definition) is 1. The highest BCUT2D eigenvalue weighted by molar-refractivity contribution is 14.1. The molecule has 0 saturated carbocycles. The van der Waals surface area contributed by atoms with Crippen molar-refractivity contribution >= 4 is 38.5 Å². The van der Waals surface area contributed by atoms with Gasteiger partial charge in [0.05, 0.1) is 11.6 Å². The molecule has 0 amide bonds. The molecule has 2 aromatic rings. The van der Waals surface area contributed by atoms with Gasteiger partial charge in [0, 0.05) is 8.04 Å². The zero-order valence-corrected chi connectivity index (χ0v) is 13.6. The summed E-state index contributed by atoms with van der Waals surface area (Å²) in [6.07, 6.45) is 0.991. The van der Waals surface area contributed by atoms with Crippen molar-refractivity contribution in [3.63, 3.8) is 0 Å². The molecule has 18 heavy (non-hydrogen) atoms. The molecule has 90 valence electrons. The van der Waals surface area contributed by atoms with Crippen LogP contribution in [-0.2, 0) is 6.42 Å². The van der Waals surface area contributed by atoms with Gasteiger partial charge in [-0.05, 0) is 70.0 Å². The van der Waals surface area contributed by atoms with Crippen LogP contribution in [0.25, 0.3) is 11.1 Å². The number of rotatable bonds is 2. The molecule has 0 aliphatic carbocycles. The number of aryl methyl sites for hydroxylation is 1. The summed E-state index contributed by atoms with van der Waals surface area (Å²) in [7, 11) is 0. The lowest BCUT2D eigenvalue weighted by atomic mass is 9.97. The van der Waals surface area contributed by atoms with E-state index in [0.29, 0.717) is 5.56 Å². The van der Waals surface area contributed by atoms with Crippen molar-refractivity contribution in [1.29, 1.82) is 5.26 Å². The van der Waals surface area contributed by atoms with E-state index in [2.05, 4.69) is 69.7 Å². The van der Waals surface area contributed by atoms with Crippen LogP contribution in [0.4, 0.5) is 0 Å². The van der Waals surface area contributed by atoms with Crippen LogP contribution in [0.3, 0.4) is 0 Å². The van der Waals surface area contributed by atoms with Gasteiger partial charge >= 0.3 is 0 Å². The Morgan fingerprint density at radius 3 is 2.50 bits per heavy atom. The van der Waals surface area contributed by atoms with Crippen LogP contribution in [0.1, 0.15) is 18.1 Å². The molecule has 0 bridgehead atoms. The molecular weight excluding hydrogens is 401 g/mol. The van der Waals surface area contributed by atoms with Gasteiger partial charge < -0.3 is 0 Å². The Hall–Kier alpha value is -0.860. The molecule has 3 heteroatoms. The van der Waals surface area contributed by atoms with Gasteiger partial charge in [0.25, 0.3) is 0 Å². The average Bonchev–Trinajstić information content (AvgIpc) is 2.39. The molecule has 0 heterocycles. The van der Waals surface area contributed by atoms with Crippen LogP contribution in [0.5, 0.6) is 0 Å². The first kappa shape index (κ1) is 13.6. The minimum absolute atomic E-state index is 0.707. The zero-order valence-electron chi connectivity index (χ0n) is 9.87. The van der Waals surface area contributed by atoms with Crippen molar-refractivity contribution in [2.24, 2.45) is 0 Å². The van der Waals surface area contributed by atoms with Gasteiger partial charge in [-0.15, -0.1) is 0 Å². The normalized spacial score (nSPS) is 10.1. The van der Waals surface area contributed by atoms with Gasteiger partial charge in [-0.2, -0.15) is 5.26 Å². The predicted octanol–water partition coefficient (Wildman–Crippen LogP) is 5.15. The zero-order chi connectivity index (χ0) is 13.1. The number of benzene rings is 2. The Morgan fingerprint density at radius 2 is 1.89 bits per heavy atom. The van der Waals surface area contributed by atoms with Crippen molar-refractivity contribution in [3.8, 4) is 17.2 Å². The van der Waals surface area contributed by atoms with Gasteiger partial charge in [-0.1, -0.05) is 35.0 Å². The molecule has 0 unspecified atom stereocenters. The van der Waals surface area contributed by atoms with Crippen LogP contribution in [0, 0.1) is 14.9 Å². The van der Waals surface area contributed by atoms with Crippen LogP contribution >= 0.6 is 38.5 Å². The number of nitriles is 1. The molecule has 0 radical (unpaired) electrons. The summed E-state index contributed by atoms with van der Waals surface area (Å²) in [6, 6.07) is 14.4. The van der Waals surface area contributed by atoms with E-state index in [0.717, 1.165) is 14.5 Å². The van der Waals surface area contributed by atoms with E-state index in [1.165, 1.54) is 16.7 Å². The first-order valence-corrected chi connectivity index (χ1v) is 7.51. The molecule has 2 aromatic carbocycles. The highest BCUT2D eigenvalue weighted by Crippen LogP contribution is 2.31. The highest BCUT2D eigenvalue weighted by Gasteiger charge is 2.08. The molecule has 0 N–H and O–H groups in total. The molecule has 0 aliphatic heterocycles. The van der Waals surface area contributed by atoms with Gasteiger partial charge in [-0.25, -0.2) is 0 Å². The Morgan fingerprint density at radius 1 is 1.17 bits per heavy atom. The summed E-state index contributed by atoms with van der Waals surface area (Å²) in [4.78, 5) is 0. The van der Waals surface area contributed by atoms with E-state index >= 15 is 0 Å². The summed E-state index contributed by atoms with van der Waals surface area (Å²) < 4.78 is 2.22. The van der Waals surface area contributed by atoms with Crippen molar-refractivity contribution in [2.45, 2.75) is 13.3 Å². The molecule has 0 fully saturated rings. The second-order valence-electron chi connectivity index (χ2n) is 3.96. The van der Waals surface area contributed by atoms with Crippen molar-refractivity contribution < 1.29 is 0 Å². The van der Waals surface area contributed by atoms with Crippen LogP contribution < -0.4 is 0 Å². The Bertz CT molecular complexity index is 629. The van der Waals surface area contributed by atoms with Crippen LogP contribution in [-0.4, -0.2) is 0 Å². The largest absolute Gasteiger partial charge is 0.192 e. The summed E-state index contributed by atoms with van der Waals surface area (Å²) in [5, 5.41) is 8.90. The predicted molar refractivity (Wildman–Crippen MR) is 86.4 cm³/mol. The molecule has 1 nitrogen and oxygen atoms in total. The molecule has 0 spiro atoms. The summed E-state index contributed by atoms with van der Waals surface area (Å²) >= 11 is 5.80. The highest BCUT2D eigenvalue weighted by atomic mass is 127. The smallest absolute Gasteiger partial charge is 0.0991 e. The fourth-order valence-corrected chi connectivity index (χ4v) is 3.13. The van der Waals surface area contributed by atoms with E-state index in [1.807, 2.05) is 18.2 Å². The molecule has 0 aromatic heterocycles. The lowest BCUT2D eigenvalue weighted by molar-refractivity contribution is 1.14. The van der Waals surface area contributed by atoms with Gasteiger partial charge in [-0.3, -0.25) is 0 Å². The maximum atomic E-state index is 8.90. The summed E-state index contributed by atoms with van der Waals surface area (Å²) in [5.74, 6) is 0. The number of halogens is 2. The molecular formula is C15H11BrIN. The van der Waals surface area contributed by atoms with Gasteiger partial charge in [0.1, 0.15) is 0 Å². The van der Waals surface area contributed by atoms with Crippen molar-refractivity contribution in [2.75, 3.05) is 0 Å². The minimum Gasteiger partial charge on any atom is -0.192 e. The van der Waals surface area contributed by atoms with E-state index in [-0.39, 0.29) is 0 Å². The standard InChI is InChI=1S/C15H11BrIN/c1-2-11-8-12(16)4-6-13(11)14-5-3-10(9-18)7-15(14)17/h3-8H,2H2,1H3. The number of hydrogen-bond donors (Lipinski definition) is 0. The van der Waals surface area contributed by atoms with Crippen LogP contribution in [0.15, 0.2) is 40.9 Å². The third-order valence-electron chi connectivity index (χ3n) is 2.84.